The van der Waals surface area contributed by atoms with Crippen molar-refractivity contribution in [2.45, 2.75) is 19.3 Å². The number of benzene rings is 6. The normalized spacial score (nSPS) is 11.2. The van der Waals surface area contributed by atoms with Crippen LogP contribution in [0.5, 0.6) is 0 Å². The Balaban J connectivity index is 1.45. The zero-order valence-electron chi connectivity index (χ0n) is 23.0. The summed E-state index contributed by atoms with van der Waals surface area (Å²) >= 11 is 0. The Labute approximate surface area is 238 Å². The molecule has 6 aromatic rings. The molecule has 0 saturated carbocycles. The maximum absolute atomic E-state index is 2.36. The minimum atomic E-state index is -0.0922. The quantitative estimate of drug-likeness (QED) is 0.204. The van der Waals surface area contributed by atoms with Crippen molar-refractivity contribution in [3.05, 3.63) is 175 Å². The van der Waals surface area contributed by atoms with Crippen molar-refractivity contribution in [2.24, 2.45) is 0 Å². The van der Waals surface area contributed by atoms with Gasteiger partial charge in [-0.1, -0.05) is 141 Å². The summed E-state index contributed by atoms with van der Waals surface area (Å²) in [6.45, 7) is 4.59. The van der Waals surface area contributed by atoms with Gasteiger partial charge in [-0.25, -0.2) is 0 Å². The third-order valence-corrected chi connectivity index (χ3v) is 7.77. The summed E-state index contributed by atoms with van der Waals surface area (Å²) in [5.74, 6) is 0. The van der Waals surface area contributed by atoms with E-state index in [9.17, 15) is 0 Å². The molecule has 0 bridgehead atoms. The van der Waals surface area contributed by atoms with E-state index in [4.69, 9.17) is 0 Å². The van der Waals surface area contributed by atoms with Gasteiger partial charge in [0.05, 0.1) is 0 Å². The molecular formula is C39H33N. The lowest BCUT2D eigenvalue weighted by Gasteiger charge is -2.29. The first-order chi connectivity index (χ1) is 19.6. The smallest absolute Gasteiger partial charge is 0.0467 e. The Bertz CT molecular complexity index is 1600. The summed E-state index contributed by atoms with van der Waals surface area (Å²) in [5.41, 5.74) is 10.7. The summed E-state index contributed by atoms with van der Waals surface area (Å²) in [7, 11) is 0. The monoisotopic (exact) mass is 515 g/mol. The number of nitrogens with zero attached hydrogens (tertiary/aromatic N) is 1. The van der Waals surface area contributed by atoms with Crippen LogP contribution in [0.4, 0.5) is 17.1 Å². The first kappa shape index (κ1) is 25.4. The van der Waals surface area contributed by atoms with E-state index < -0.39 is 0 Å². The van der Waals surface area contributed by atoms with Gasteiger partial charge in [0.15, 0.2) is 0 Å². The topological polar surface area (TPSA) is 3.24 Å². The van der Waals surface area contributed by atoms with Crippen molar-refractivity contribution in [3.63, 3.8) is 0 Å². The van der Waals surface area contributed by atoms with Crippen LogP contribution in [0.15, 0.2) is 164 Å². The predicted molar refractivity (Wildman–Crippen MR) is 171 cm³/mol. The van der Waals surface area contributed by atoms with Crippen LogP contribution in [0.3, 0.4) is 0 Å². The number of hydrogen-bond donors (Lipinski definition) is 0. The second-order valence-electron chi connectivity index (χ2n) is 10.7. The Morgan fingerprint density at radius 1 is 0.350 bits per heavy atom. The van der Waals surface area contributed by atoms with E-state index in [1.165, 1.54) is 33.4 Å². The average molecular weight is 516 g/mol. The van der Waals surface area contributed by atoms with Crippen molar-refractivity contribution in [3.8, 4) is 22.3 Å². The highest BCUT2D eigenvalue weighted by Gasteiger charge is 2.23. The van der Waals surface area contributed by atoms with Crippen molar-refractivity contribution in [2.75, 3.05) is 4.90 Å². The molecule has 0 aliphatic carbocycles. The van der Waals surface area contributed by atoms with Crippen LogP contribution < -0.4 is 4.90 Å². The Morgan fingerprint density at radius 3 is 1.23 bits per heavy atom. The Morgan fingerprint density at radius 2 is 0.750 bits per heavy atom. The molecule has 0 N–H and O–H groups in total. The maximum Gasteiger partial charge on any atom is 0.0467 e. The third-order valence-electron chi connectivity index (χ3n) is 7.77. The fraction of sp³-hybridized carbons (Fsp3) is 0.0769. The van der Waals surface area contributed by atoms with Crippen LogP contribution in [0.2, 0.25) is 0 Å². The highest BCUT2D eigenvalue weighted by atomic mass is 15.1. The zero-order chi connectivity index (χ0) is 27.4. The fourth-order valence-electron chi connectivity index (χ4n) is 5.41. The lowest BCUT2D eigenvalue weighted by atomic mass is 9.78. The fourth-order valence-corrected chi connectivity index (χ4v) is 5.41. The molecule has 0 radical (unpaired) electrons. The highest BCUT2D eigenvalue weighted by molar-refractivity contribution is 5.82. The lowest BCUT2D eigenvalue weighted by Crippen LogP contribution is -2.19. The van der Waals surface area contributed by atoms with Crippen molar-refractivity contribution in [1.29, 1.82) is 0 Å². The van der Waals surface area contributed by atoms with Gasteiger partial charge in [0.2, 0.25) is 0 Å². The van der Waals surface area contributed by atoms with Gasteiger partial charge in [0.25, 0.3) is 0 Å². The first-order valence-electron chi connectivity index (χ1n) is 13.9. The molecule has 0 aliphatic heterocycles. The van der Waals surface area contributed by atoms with Gasteiger partial charge in [-0.2, -0.15) is 0 Å². The number of hydrogen-bond acceptors (Lipinski definition) is 1. The maximum atomic E-state index is 2.36. The molecule has 1 heteroatoms. The van der Waals surface area contributed by atoms with Gasteiger partial charge in [-0.05, 0) is 69.8 Å². The summed E-state index contributed by atoms with van der Waals surface area (Å²) in [6, 6.07) is 58.6. The van der Waals surface area contributed by atoms with Crippen LogP contribution in [0.25, 0.3) is 22.3 Å². The van der Waals surface area contributed by atoms with E-state index in [0.29, 0.717) is 0 Å². The van der Waals surface area contributed by atoms with E-state index in [1.54, 1.807) is 0 Å². The largest absolute Gasteiger partial charge is 0.310 e. The molecule has 0 aliphatic rings. The van der Waals surface area contributed by atoms with Gasteiger partial charge in [0.1, 0.15) is 0 Å². The van der Waals surface area contributed by atoms with E-state index >= 15 is 0 Å². The molecule has 194 valence electrons. The highest BCUT2D eigenvalue weighted by Crippen LogP contribution is 2.39. The number of rotatable bonds is 7. The van der Waals surface area contributed by atoms with Crippen LogP contribution in [-0.2, 0) is 5.41 Å². The lowest BCUT2D eigenvalue weighted by molar-refractivity contribution is 0.641. The third kappa shape index (κ3) is 5.19. The van der Waals surface area contributed by atoms with Gasteiger partial charge in [-0.3, -0.25) is 0 Å². The van der Waals surface area contributed by atoms with Crippen LogP contribution in [0, 0.1) is 0 Å². The van der Waals surface area contributed by atoms with E-state index in [2.05, 4.69) is 183 Å². The second kappa shape index (κ2) is 11.1. The van der Waals surface area contributed by atoms with Gasteiger partial charge < -0.3 is 4.90 Å². The molecule has 6 aromatic carbocycles. The minimum absolute atomic E-state index is 0.0922. The molecule has 0 aromatic heterocycles. The van der Waals surface area contributed by atoms with E-state index in [0.717, 1.165) is 17.1 Å². The first-order valence-corrected chi connectivity index (χ1v) is 13.9. The van der Waals surface area contributed by atoms with Gasteiger partial charge >= 0.3 is 0 Å². The van der Waals surface area contributed by atoms with E-state index in [1.807, 2.05) is 0 Å². The standard InChI is InChI=1S/C39H33N/c1-39(2,34-20-10-5-11-21-34)35-24-26-36(27-25-35)40(37-22-12-18-32(28-37)30-14-6-3-7-15-30)38-23-13-19-33(29-38)31-16-8-4-9-17-31/h3-29H,1-2H3. The Hall–Kier alpha value is -4.88. The molecule has 0 saturated heterocycles. The summed E-state index contributed by atoms with van der Waals surface area (Å²) in [5, 5.41) is 0. The van der Waals surface area contributed by atoms with Gasteiger partial charge in [-0.15, -0.1) is 0 Å². The molecule has 0 fully saturated rings. The van der Waals surface area contributed by atoms with Crippen LogP contribution in [0.1, 0.15) is 25.0 Å². The average Bonchev–Trinajstić information content (AvgIpc) is 3.03. The molecule has 0 atom stereocenters. The molecule has 0 heterocycles. The molecule has 0 unspecified atom stereocenters. The summed E-state index contributed by atoms with van der Waals surface area (Å²) < 4.78 is 0. The van der Waals surface area contributed by atoms with Crippen molar-refractivity contribution >= 4 is 17.1 Å². The predicted octanol–water partition coefficient (Wildman–Crippen LogP) is 10.8. The molecule has 0 amide bonds. The van der Waals surface area contributed by atoms with Crippen LogP contribution >= 0.6 is 0 Å². The van der Waals surface area contributed by atoms with E-state index in [-0.39, 0.29) is 5.41 Å². The minimum Gasteiger partial charge on any atom is -0.310 e. The molecule has 1 nitrogen and oxygen atoms in total. The summed E-state index contributed by atoms with van der Waals surface area (Å²) in [6.07, 6.45) is 0. The Kier molecular flexibility index (Phi) is 7.04. The molecule has 0 spiro atoms. The van der Waals surface area contributed by atoms with Crippen molar-refractivity contribution in [1.82, 2.24) is 0 Å². The SMILES string of the molecule is CC(C)(c1ccccc1)c1ccc(N(c2cccc(-c3ccccc3)c2)c2cccc(-c3ccccc3)c2)cc1. The molecule has 40 heavy (non-hydrogen) atoms. The molecule has 6 rings (SSSR count). The summed E-state index contributed by atoms with van der Waals surface area (Å²) in [4.78, 5) is 2.36. The number of anilines is 3. The van der Waals surface area contributed by atoms with Crippen LogP contribution in [-0.4, -0.2) is 0 Å². The van der Waals surface area contributed by atoms with Gasteiger partial charge in [0, 0.05) is 22.5 Å². The molecular weight excluding hydrogens is 482 g/mol. The van der Waals surface area contributed by atoms with Crippen molar-refractivity contribution < 1.29 is 0 Å². The zero-order valence-corrected chi connectivity index (χ0v) is 23.0. The second-order valence-corrected chi connectivity index (χ2v) is 10.7.